The lowest BCUT2D eigenvalue weighted by Crippen LogP contribution is -2.19. The molecule has 0 bridgehead atoms. The molecule has 0 spiro atoms. The highest BCUT2D eigenvalue weighted by Crippen LogP contribution is 2.30. The van der Waals surface area contributed by atoms with Gasteiger partial charge in [0, 0.05) is 23.8 Å². The summed E-state index contributed by atoms with van der Waals surface area (Å²) in [6.45, 7) is 7.49. The largest absolute Gasteiger partial charge is 0.384 e. The van der Waals surface area contributed by atoms with Gasteiger partial charge in [0.25, 0.3) is 0 Å². The quantitative estimate of drug-likeness (QED) is 0.853. The number of hydrogen-bond donors (Lipinski definition) is 2. The lowest BCUT2D eigenvalue weighted by molar-refractivity contribution is -0.117. The number of benzene rings is 1. The molecule has 0 aromatic heterocycles. The zero-order valence-electron chi connectivity index (χ0n) is 11.4. The third-order valence-corrected chi connectivity index (χ3v) is 2.90. The Kier molecular flexibility index (Phi) is 3.60. The molecule has 98 valence electrons. The Morgan fingerprint density at radius 2 is 1.94 bits per heavy atom. The average molecular weight is 246 g/mol. The fourth-order valence-corrected chi connectivity index (χ4v) is 1.66. The first kappa shape index (κ1) is 12.9. The van der Waals surface area contributed by atoms with Crippen LogP contribution in [0.3, 0.4) is 0 Å². The molecule has 0 radical (unpaired) electrons. The van der Waals surface area contributed by atoms with E-state index in [9.17, 15) is 4.79 Å². The van der Waals surface area contributed by atoms with Gasteiger partial charge in [-0.2, -0.15) is 0 Å². The number of carbonyl (C=O) groups is 1. The fraction of sp³-hybridized carbons (Fsp3) is 0.533. The van der Waals surface area contributed by atoms with Gasteiger partial charge in [-0.05, 0) is 36.5 Å². The van der Waals surface area contributed by atoms with Crippen molar-refractivity contribution in [1.29, 1.82) is 0 Å². The molecule has 0 heterocycles. The van der Waals surface area contributed by atoms with Crippen LogP contribution in [-0.2, 0) is 4.79 Å². The van der Waals surface area contributed by atoms with Crippen LogP contribution in [-0.4, -0.2) is 12.5 Å². The number of rotatable bonds is 4. The Balaban J connectivity index is 1.94. The average Bonchev–Trinajstić information content (AvgIpc) is 3.09. The first-order valence-electron chi connectivity index (χ1n) is 6.59. The molecule has 1 aliphatic rings. The molecule has 1 fully saturated rings. The van der Waals surface area contributed by atoms with Crippen LogP contribution in [0, 0.1) is 11.3 Å². The Labute approximate surface area is 109 Å². The summed E-state index contributed by atoms with van der Waals surface area (Å²) in [4.78, 5) is 11.7. The first-order valence-corrected chi connectivity index (χ1v) is 6.59. The lowest BCUT2D eigenvalue weighted by Gasteiger charge is -2.20. The minimum Gasteiger partial charge on any atom is -0.384 e. The van der Waals surface area contributed by atoms with Crippen LogP contribution >= 0.6 is 0 Å². The normalized spacial score (nSPS) is 15.3. The van der Waals surface area contributed by atoms with Crippen molar-refractivity contribution in [2.75, 3.05) is 17.2 Å². The summed E-state index contributed by atoms with van der Waals surface area (Å²) < 4.78 is 0. The molecule has 1 aromatic rings. The van der Waals surface area contributed by atoms with Gasteiger partial charge in [-0.1, -0.05) is 26.8 Å². The van der Waals surface area contributed by atoms with E-state index >= 15 is 0 Å². The summed E-state index contributed by atoms with van der Waals surface area (Å²) in [6, 6.07) is 7.92. The van der Waals surface area contributed by atoms with Crippen molar-refractivity contribution < 1.29 is 4.79 Å². The summed E-state index contributed by atoms with van der Waals surface area (Å²) in [6.07, 6.45) is 2.07. The summed E-state index contributed by atoms with van der Waals surface area (Å²) in [5, 5.41) is 6.35. The predicted molar refractivity (Wildman–Crippen MR) is 75.7 cm³/mol. The maximum atomic E-state index is 11.7. The van der Waals surface area contributed by atoms with Gasteiger partial charge in [0.1, 0.15) is 0 Å². The van der Waals surface area contributed by atoms with Gasteiger partial charge >= 0.3 is 0 Å². The zero-order valence-corrected chi connectivity index (χ0v) is 11.4. The van der Waals surface area contributed by atoms with Crippen molar-refractivity contribution in [3.8, 4) is 0 Å². The van der Waals surface area contributed by atoms with E-state index < -0.39 is 0 Å². The Bertz CT molecular complexity index is 430. The maximum absolute atomic E-state index is 11.7. The van der Waals surface area contributed by atoms with Gasteiger partial charge < -0.3 is 10.6 Å². The minimum atomic E-state index is 0.156. The smallest absolute Gasteiger partial charge is 0.227 e. The number of anilines is 2. The molecule has 18 heavy (non-hydrogen) atoms. The molecular weight excluding hydrogens is 224 g/mol. The van der Waals surface area contributed by atoms with Gasteiger partial charge in [0.05, 0.1) is 0 Å². The summed E-state index contributed by atoms with van der Waals surface area (Å²) >= 11 is 0. The Morgan fingerprint density at radius 1 is 1.28 bits per heavy atom. The van der Waals surface area contributed by atoms with Crippen molar-refractivity contribution in [3.05, 3.63) is 24.3 Å². The second-order valence-corrected chi connectivity index (χ2v) is 6.26. The zero-order chi connectivity index (χ0) is 13.2. The number of amides is 1. The molecule has 0 saturated heterocycles. The van der Waals surface area contributed by atoms with Crippen LogP contribution in [0.2, 0.25) is 0 Å². The van der Waals surface area contributed by atoms with Crippen molar-refractivity contribution >= 4 is 17.3 Å². The van der Waals surface area contributed by atoms with Gasteiger partial charge in [0.2, 0.25) is 5.91 Å². The standard InChI is InChI=1S/C15H22N2O/c1-15(2,3)10-16-12-5-4-6-13(9-12)17-14(18)11-7-8-11/h4-6,9,11,16H,7-8,10H2,1-3H3,(H,17,18). The van der Waals surface area contributed by atoms with Crippen LogP contribution in [0.15, 0.2) is 24.3 Å². The molecule has 1 saturated carbocycles. The molecule has 1 aromatic carbocycles. The van der Waals surface area contributed by atoms with E-state index in [0.29, 0.717) is 0 Å². The lowest BCUT2D eigenvalue weighted by atomic mass is 9.97. The monoisotopic (exact) mass is 246 g/mol. The summed E-state index contributed by atoms with van der Waals surface area (Å²) in [7, 11) is 0. The van der Waals surface area contributed by atoms with Crippen molar-refractivity contribution in [1.82, 2.24) is 0 Å². The van der Waals surface area contributed by atoms with Gasteiger partial charge in [0.15, 0.2) is 0 Å². The van der Waals surface area contributed by atoms with Gasteiger partial charge in [-0.25, -0.2) is 0 Å². The van der Waals surface area contributed by atoms with E-state index in [-0.39, 0.29) is 17.2 Å². The molecule has 0 aliphatic heterocycles. The SMILES string of the molecule is CC(C)(C)CNc1cccc(NC(=O)C2CC2)c1. The summed E-state index contributed by atoms with van der Waals surface area (Å²) in [5.41, 5.74) is 2.18. The Hall–Kier alpha value is -1.51. The second kappa shape index (κ2) is 5.01. The van der Waals surface area contributed by atoms with Gasteiger partial charge in [-0.15, -0.1) is 0 Å². The van der Waals surface area contributed by atoms with Crippen LogP contribution in [0.1, 0.15) is 33.6 Å². The number of hydrogen-bond acceptors (Lipinski definition) is 2. The van der Waals surface area contributed by atoms with E-state index in [1.54, 1.807) is 0 Å². The molecule has 1 aliphatic carbocycles. The second-order valence-electron chi connectivity index (χ2n) is 6.26. The van der Waals surface area contributed by atoms with E-state index in [1.807, 2.05) is 24.3 Å². The van der Waals surface area contributed by atoms with Gasteiger partial charge in [-0.3, -0.25) is 4.79 Å². The highest BCUT2D eigenvalue weighted by molar-refractivity contribution is 5.94. The Morgan fingerprint density at radius 3 is 2.56 bits per heavy atom. The third-order valence-electron chi connectivity index (χ3n) is 2.90. The molecule has 3 nitrogen and oxygen atoms in total. The van der Waals surface area contributed by atoms with Crippen LogP contribution < -0.4 is 10.6 Å². The predicted octanol–water partition coefficient (Wildman–Crippen LogP) is 3.49. The van der Waals surface area contributed by atoms with Crippen LogP contribution in [0.4, 0.5) is 11.4 Å². The first-order chi connectivity index (χ1) is 8.44. The molecular formula is C15H22N2O. The van der Waals surface area contributed by atoms with Crippen LogP contribution in [0.5, 0.6) is 0 Å². The van der Waals surface area contributed by atoms with E-state index in [4.69, 9.17) is 0 Å². The van der Waals surface area contributed by atoms with E-state index in [2.05, 4.69) is 31.4 Å². The van der Waals surface area contributed by atoms with E-state index in [1.165, 1.54) is 0 Å². The minimum absolute atomic E-state index is 0.156. The molecule has 0 unspecified atom stereocenters. The van der Waals surface area contributed by atoms with E-state index in [0.717, 1.165) is 30.8 Å². The summed E-state index contributed by atoms with van der Waals surface area (Å²) in [5.74, 6) is 0.402. The molecule has 3 heteroatoms. The van der Waals surface area contributed by atoms with Crippen molar-refractivity contribution in [2.45, 2.75) is 33.6 Å². The molecule has 2 N–H and O–H groups in total. The highest BCUT2D eigenvalue weighted by atomic mass is 16.2. The van der Waals surface area contributed by atoms with Crippen LogP contribution in [0.25, 0.3) is 0 Å². The topological polar surface area (TPSA) is 41.1 Å². The molecule has 2 rings (SSSR count). The number of nitrogens with one attached hydrogen (secondary N) is 2. The molecule has 0 atom stereocenters. The highest BCUT2D eigenvalue weighted by Gasteiger charge is 2.29. The van der Waals surface area contributed by atoms with Crippen molar-refractivity contribution in [2.24, 2.45) is 11.3 Å². The third kappa shape index (κ3) is 4.06. The maximum Gasteiger partial charge on any atom is 0.227 e. The fourth-order valence-electron chi connectivity index (χ4n) is 1.66. The molecule has 1 amide bonds. The van der Waals surface area contributed by atoms with Crippen molar-refractivity contribution in [3.63, 3.8) is 0 Å². The number of carbonyl (C=O) groups excluding carboxylic acids is 1.